The van der Waals surface area contributed by atoms with Gasteiger partial charge in [0.15, 0.2) is 0 Å². The van der Waals surface area contributed by atoms with Crippen LogP contribution in [0.1, 0.15) is 19.3 Å². The van der Waals surface area contributed by atoms with Gasteiger partial charge in [-0.2, -0.15) is 0 Å². The fraction of sp³-hybridized carbons (Fsp3) is 0.462. The van der Waals surface area contributed by atoms with Crippen molar-refractivity contribution in [2.24, 2.45) is 5.73 Å². The molecule has 1 saturated heterocycles. The van der Waals surface area contributed by atoms with Gasteiger partial charge in [-0.1, -0.05) is 0 Å². The van der Waals surface area contributed by atoms with Crippen molar-refractivity contribution < 1.29 is 9.59 Å². The molecule has 1 unspecified atom stereocenters. The van der Waals surface area contributed by atoms with Crippen molar-refractivity contribution in [3.05, 3.63) is 28.7 Å². The van der Waals surface area contributed by atoms with E-state index in [2.05, 4.69) is 0 Å². The highest BCUT2D eigenvalue weighted by atomic mass is 16.2. The molecule has 0 spiro atoms. The molecule has 0 aromatic carbocycles. The summed E-state index contributed by atoms with van der Waals surface area (Å²) in [5.74, 6) is -0.792. The van der Waals surface area contributed by atoms with Crippen LogP contribution in [0.5, 0.6) is 0 Å². The zero-order chi connectivity index (χ0) is 14.7. The number of hydrogen-bond donors (Lipinski definition) is 2. The van der Waals surface area contributed by atoms with E-state index in [0.717, 1.165) is 12.8 Å². The lowest BCUT2D eigenvalue weighted by Gasteiger charge is -2.33. The molecule has 7 nitrogen and oxygen atoms in total. The zero-order valence-corrected chi connectivity index (χ0v) is 11.1. The first kappa shape index (κ1) is 14.1. The maximum Gasteiger partial charge on any atom is 0.251 e. The maximum atomic E-state index is 12.3. The Labute approximate surface area is 116 Å². The van der Waals surface area contributed by atoms with Gasteiger partial charge in [0, 0.05) is 24.5 Å². The van der Waals surface area contributed by atoms with Gasteiger partial charge >= 0.3 is 0 Å². The van der Waals surface area contributed by atoms with E-state index < -0.39 is 11.9 Å². The number of hydrogen-bond acceptors (Lipinski definition) is 4. The van der Waals surface area contributed by atoms with Crippen molar-refractivity contribution in [2.75, 3.05) is 12.3 Å². The molecule has 1 aliphatic heterocycles. The molecule has 2 amide bonds. The molecule has 0 saturated carbocycles. The molecule has 2 heterocycles. The molecule has 1 aromatic heterocycles. The van der Waals surface area contributed by atoms with Crippen LogP contribution in [0.15, 0.2) is 23.1 Å². The summed E-state index contributed by atoms with van der Waals surface area (Å²) in [6.45, 7) is 0.358. The average molecular weight is 278 g/mol. The molecule has 1 aromatic rings. The number of amides is 2. The van der Waals surface area contributed by atoms with Crippen molar-refractivity contribution >= 4 is 17.5 Å². The summed E-state index contributed by atoms with van der Waals surface area (Å²) in [4.78, 5) is 36.8. The molecule has 7 heteroatoms. The first-order valence-corrected chi connectivity index (χ1v) is 6.54. The van der Waals surface area contributed by atoms with Gasteiger partial charge in [-0.25, -0.2) is 0 Å². The normalized spacial score (nSPS) is 18.8. The van der Waals surface area contributed by atoms with Crippen molar-refractivity contribution in [2.45, 2.75) is 31.8 Å². The third kappa shape index (κ3) is 2.98. The second-order valence-corrected chi connectivity index (χ2v) is 4.93. The van der Waals surface area contributed by atoms with Crippen molar-refractivity contribution in [1.29, 1.82) is 0 Å². The minimum Gasteiger partial charge on any atom is -0.398 e. The Hall–Kier alpha value is -2.31. The number of nitrogen functional groups attached to an aromatic ring is 1. The van der Waals surface area contributed by atoms with Crippen LogP contribution in [0.2, 0.25) is 0 Å². The fourth-order valence-electron chi connectivity index (χ4n) is 2.44. The SMILES string of the molecule is NC(=O)C1CCCCN1C(=O)Cn1cc(N)ccc1=O. The molecule has 0 aliphatic carbocycles. The van der Waals surface area contributed by atoms with Gasteiger partial charge < -0.3 is 20.9 Å². The first-order chi connectivity index (χ1) is 9.49. The molecule has 2 rings (SSSR count). The predicted octanol–water partition coefficient (Wildman–Crippen LogP) is -0.703. The minimum atomic E-state index is -0.576. The van der Waals surface area contributed by atoms with Crippen molar-refractivity contribution in [1.82, 2.24) is 9.47 Å². The number of carbonyl (C=O) groups excluding carboxylic acids is 2. The number of nitrogens with two attached hydrogens (primary N) is 2. The monoisotopic (exact) mass is 278 g/mol. The van der Waals surface area contributed by atoms with Gasteiger partial charge in [-0.15, -0.1) is 0 Å². The van der Waals surface area contributed by atoms with E-state index in [-0.39, 0.29) is 18.0 Å². The summed E-state index contributed by atoms with van der Waals surface area (Å²) < 4.78 is 1.24. The van der Waals surface area contributed by atoms with Crippen LogP contribution in [0, 0.1) is 0 Å². The molecule has 20 heavy (non-hydrogen) atoms. The topological polar surface area (TPSA) is 111 Å². The molecule has 1 fully saturated rings. The third-order valence-corrected chi connectivity index (χ3v) is 3.46. The van der Waals surface area contributed by atoms with Gasteiger partial charge in [0.2, 0.25) is 11.8 Å². The number of carbonyl (C=O) groups is 2. The molecular weight excluding hydrogens is 260 g/mol. The summed E-state index contributed by atoms with van der Waals surface area (Å²) in [6, 6.07) is 2.22. The standard InChI is InChI=1S/C13H18N4O3/c14-9-4-5-11(18)16(7-9)8-12(19)17-6-2-1-3-10(17)13(15)20/h4-5,7,10H,1-3,6,8,14H2,(H2,15,20). The highest BCUT2D eigenvalue weighted by Crippen LogP contribution is 2.17. The molecule has 0 radical (unpaired) electrons. The zero-order valence-electron chi connectivity index (χ0n) is 11.1. The van der Waals surface area contributed by atoms with E-state index >= 15 is 0 Å². The second-order valence-electron chi connectivity index (χ2n) is 4.93. The smallest absolute Gasteiger partial charge is 0.251 e. The number of pyridine rings is 1. The summed E-state index contributed by atoms with van der Waals surface area (Å²) in [6.07, 6.45) is 3.70. The van der Waals surface area contributed by atoms with E-state index in [0.29, 0.717) is 18.7 Å². The molecule has 1 aliphatic rings. The van der Waals surface area contributed by atoms with E-state index in [9.17, 15) is 14.4 Å². The molecule has 108 valence electrons. The Kier molecular flexibility index (Phi) is 4.07. The Morgan fingerprint density at radius 1 is 1.30 bits per heavy atom. The fourth-order valence-corrected chi connectivity index (χ4v) is 2.44. The second kappa shape index (κ2) is 5.77. The number of primary amides is 1. The number of nitrogens with zero attached hydrogens (tertiary/aromatic N) is 2. The van der Waals surface area contributed by atoms with Gasteiger partial charge in [0.25, 0.3) is 5.56 Å². The van der Waals surface area contributed by atoms with Crippen LogP contribution in [-0.2, 0) is 16.1 Å². The Bertz CT molecular complexity index is 581. The number of rotatable bonds is 3. The quantitative estimate of drug-likeness (QED) is 0.761. The van der Waals surface area contributed by atoms with Crippen molar-refractivity contribution in [3.8, 4) is 0 Å². The molecule has 0 bridgehead atoms. The van der Waals surface area contributed by atoms with Crippen LogP contribution in [0.4, 0.5) is 5.69 Å². The van der Waals surface area contributed by atoms with Crippen LogP contribution in [-0.4, -0.2) is 33.9 Å². The lowest BCUT2D eigenvalue weighted by atomic mass is 10.0. The number of anilines is 1. The predicted molar refractivity (Wildman–Crippen MR) is 73.7 cm³/mol. The largest absolute Gasteiger partial charge is 0.398 e. The van der Waals surface area contributed by atoms with E-state index in [1.165, 1.54) is 27.8 Å². The van der Waals surface area contributed by atoms with Crippen molar-refractivity contribution in [3.63, 3.8) is 0 Å². The Morgan fingerprint density at radius 3 is 2.75 bits per heavy atom. The van der Waals surface area contributed by atoms with Gasteiger partial charge in [0.05, 0.1) is 0 Å². The van der Waals surface area contributed by atoms with E-state index in [4.69, 9.17) is 11.5 Å². The minimum absolute atomic E-state index is 0.131. The highest BCUT2D eigenvalue weighted by Gasteiger charge is 2.30. The summed E-state index contributed by atoms with van der Waals surface area (Å²) in [5, 5.41) is 0. The first-order valence-electron chi connectivity index (χ1n) is 6.54. The number of likely N-dealkylation sites (tertiary alicyclic amines) is 1. The van der Waals surface area contributed by atoms with Crippen LogP contribution >= 0.6 is 0 Å². The Balaban J connectivity index is 2.16. The van der Waals surface area contributed by atoms with Gasteiger partial charge in [0.1, 0.15) is 12.6 Å². The van der Waals surface area contributed by atoms with E-state index in [1.54, 1.807) is 0 Å². The van der Waals surface area contributed by atoms with Gasteiger partial charge in [-0.3, -0.25) is 14.4 Å². The lowest BCUT2D eigenvalue weighted by molar-refractivity contribution is -0.141. The number of piperidine rings is 1. The van der Waals surface area contributed by atoms with Crippen LogP contribution in [0.3, 0.4) is 0 Å². The summed E-state index contributed by atoms with van der Waals surface area (Å²) in [5.41, 5.74) is 11.0. The summed E-state index contributed by atoms with van der Waals surface area (Å²) >= 11 is 0. The molecule has 1 atom stereocenters. The highest BCUT2D eigenvalue weighted by molar-refractivity contribution is 5.86. The number of aromatic nitrogens is 1. The van der Waals surface area contributed by atoms with Crippen LogP contribution < -0.4 is 17.0 Å². The van der Waals surface area contributed by atoms with E-state index in [1.807, 2.05) is 0 Å². The van der Waals surface area contributed by atoms with Crippen LogP contribution in [0.25, 0.3) is 0 Å². The third-order valence-electron chi connectivity index (χ3n) is 3.46. The molecule has 4 N–H and O–H groups in total. The van der Waals surface area contributed by atoms with Gasteiger partial charge in [-0.05, 0) is 25.3 Å². The average Bonchev–Trinajstić information content (AvgIpc) is 2.42. The lowest BCUT2D eigenvalue weighted by Crippen LogP contribution is -2.51. The summed E-state index contributed by atoms with van der Waals surface area (Å²) in [7, 11) is 0. The molecular formula is C13H18N4O3. The Morgan fingerprint density at radius 2 is 2.05 bits per heavy atom. The maximum absolute atomic E-state index is 12.3.